The molecule has 4 aromatic carbocycles. The second-order valence-electron chi connectivity index (χ2n) is 10.6. The number of allylic oxidation sites excluding steroid dienone is 1. The monoisotopic (exact) mass is 524 g/mol. The highest BCUT2D eigenvalue weighted by atomic mass is 28.2. The van der Waals surface area contributed by atoms with E-state index in [1.54, 1.807) is 0 Å². The summed E-state index contributed by atoms with van der Waals surface area (Å²) in [5, 5.41) is -0.146. The first kappa shape index (κ1) is 26.7. The maximum atomic E-state index is 4.33. The molecule has 1 aliphatic rings. The molecule has 1 atom stereocenters. The van der Waals surface area contributed by atoms with Crippen LogP contribution < -0.4 is 10.9 Å². The molecule has 2 nitrogen and oxygen atoms in total. The van der Waals surface area contributed by atoms with Crippen LogP contribution in [0.25, 0.3) is 0 Å². The van der Waals surface area contributed by atoms with Crippen molar-refractivity contribution in [2.75, 3.05) is 0 Å². The average molecular weight is 525 g/mol. The third-order valence-electron chi connectivity index (χ3n) is 7.88. The van der Waals surface area contributed by atoms with Crippen molar-refractivity contribution in [3.63, 3.8) is 0 Å². The molecule has 5 aromatic rings. The minimum absolute atomic E-state index is 0.146. The average Bonchev–Trinajstić information content (AvgIpc) is 3.69. The Morgan fingerprint density at radius 1 is 0.795 bits per heavy atom. The van der Waals surface area contributed by atoms with Gasteiger partial charge in [0.05, 0.1) is 21.0 Å². The van der Waals surface area contributed by atoms with Gasteiger partial charge < -0.3 is 4.57 Å². The third-order valence-corrected chi connectivity index (χ3v) is 10.6. The summed E-state index contributed by atoms with van der Waals surface area (Å²) in [5.41, 5.74) is 6.10. The van der Waals surface area contributed by atoms with Gasteiger partial charge in [-0.15, -0.1) is 6.58 Å². The van der Waals surface area contributed by atoms with Crippen molar-refractivity contribution < 1.29 is 0 Å². The highest BCUT2D eigenvalue weighted by Gasteiger charge is 2.37. The number of hydrogen-bond acceptors (Lipinski definition) is 1. The van der Waals surface area contributed by atoms with Gasteiger partial charge in [-0.25, -0.2) is 4.98 Å². The van der Waals surface area contributed by atoms with Crippen molar-refractivity contribution in [1.29, 1.82) is 0 Å². The van der Waals surface area contributed by atoms with Crippen LogP contribution in [0, 0.1) is 0 Å². The van der Waals surface area contributed by atoms with Crippen LogP contribution in [-0.2, 0) is 5.16 Å². The minimum Gasteiger partial charge on any atom is -0.327 e. The quantitative estimate of drug-likeness (QED) is 0.165. The maximum absolute atomic E-state index is 4.33. The largest absolute Gasteiger partial charge is 0.327 e. The predicted molar refractivity (Wildman–Crippen MR) is 170 cm³/mol. The fraction of sp³-hybridized carbons (Fsp3) is 0.171. The fourth-order valence-corrected chi connectivity index (χ4v) is 8.19. The molecule has 1 heterocycles. The van der Waals surface area contributed by atoms with Crippen molar-refractivity contribution in [1.82, 2.24) is 9.55 Å². The lowest BCUT2D eigenvalue weighted by Gasteiger charge is -2.38. The summed E-state index contributed by atoms with van der Waals surface area (Å²) in [6.07, 6.45) is 10.8. The molecule has 1 aliphatic carbocycles. The molecule has 0 bridgehead atoms. The summed E-state index contributed by atoms with van der Waals surface area (Å²) < 4.78 is 2.28. The molecule has 1 fully saturated rings. The van der Waals surface area contributed by atoms with E-state index in [1.807, 2.05) is 12.5 Å². The molecule has 39 heavy (non-hydrogen) atoms. The number of benzene rings is 4. The van der Waals surface area contributed by atoms with Gasteiger partial charge in [-0.3, -0.25) is 0 Å². The van der Waals surface area contributed by atoms with Gasteiger partial charge in [0.1, 0.15) is 0 Å². The lowest BCUT2D eigenvalue weighted by molar-refractivity contribution is 0.588. The lowest BCUT2D eigenvalue weighted by Crippen LogP contribution is -2.42. The Balaban J connectivity index is 0.000000168. The van der Waals surface area contributed by atoms with Crippen LogP contribution in [0.4, 0.5) is 0 Å². The number of aromatic nitrogens is 2. The van der Waals surface area contributed by atoms with Gasteiger partial charge in [-0.2, -0.15) is 0 Å². The van der Waals surface area contributed by atoms with Gasteiger partial charge in [0.2, 0.25) is 6.71 Å². The normalized spacial score (nSPS) is 13.9. The van der Waals surface area contributed by atoms with Crippen LogP contribution in [-0.4, -0.2) is 25.8 Å². The van der Waals surface area contributed by atoms with E-state index in [0.717, 1.165) is 5.82 Å². The second kappa shape index (κ2) is 12.8. The number of imidazole rings is 1. The molecule has 0 radical (unpaired) electrons. The molecule has 6 rings (SSSR count). The Morgan fingerprint density at radius 3 is 1.64 bits per heavy atom. The molecule has 0 aliphatic heterocycles. The zero-order chi connectivity index (χ0) is 26.9. The highest BCUT2D eigenvalue weighted by Crippen LogP contribution is 2.39. The minimum atomic E-state index is -0.618. The van der Waals surface area contributed by atoms with Crippen molar-refractivity contribution in [3.8, 4) is 0 Å². The Hall–Kier alpha value is -3.89. The Morgan fingerprint density at radius 2 is 1.26 bits per heavy atom. The number of hydrogen-bond donors (Lipinski definition) is 0. The molecule has 0 N–H and O–H groups in total. The Labute approximate surface area is 236 Å². The lowest BCUT2D eigenvalue weighted by atomic mass is 9.37. The topological polar surface area (TPSA) is 17.8 Å². The van der Waals surface area contributed by atoms with E-state index in [1.165, 1.54) is 34.9 Å². The molecule has 0 spiro atoms. The van der Waals surface area contributed by atoms with Crippen LogP contribution in [0.1, 0.15) is 30.9 Å². The van der Waals surface area contributed by atoms with E-state index in [0.29, 0.717) is 12.3 Å². The standard InChI is InChI=1S/C20H22N2Si.C15H15B/c1-3-17(2)23-20(22-15-14-21-16-22,18-10-6-4-7-11-18)19-12-8-5-9-13-19;1-3-7-13(8-4-1)16(15-11-12-15)14-9-5-2-6-10-14/h3-17H,1,23H2,2H3;1-10,15H,11-12H2. The fourth-order valence-electron chi connectivity index (χ4n) is 5.75. The SMILES string of the molecule is C=CC(C)[SiH2]C(c1ccccc1)(c1ccccc1)n1ccnc1.c1ccc(B(c2ccccc2)C2CC2)cc1. The molecule has 194 valence electrons. The van der Waals surface area contributed by atoms with Gasteiger partial charge >= 0.3 is 0 Å². The van der Waals surface area contributed by atoms with E-state index in [2.05, 4.69) is 157 Å². The highest BCUT2D eigenvalue weighted by molar-refractivity contribution is 6.86. The molecule has 1 saturated carbocycles. The van der Waals surface area contributed by atoms with Gasteiger partial charge in [0, 0.05) is 12.4 Å². The molecule has 4 heteroatoms. The molecular formula is C35H37BN2Si. The second-order valence-corrected chi connectivity index (χ2v) is 13.3. The molecule has 0 amide bonds. The first-order valence-corrected chi connectivity index (χ1v) is 15.6. The van der Waals surface area contributed by atoms with Crippen LogP contribution in [0.15, 0.2) is 153 Å². The molecule has 1 unspecified atom stereocenters. The van der Waals surface area contributed by atoms with E-state index in [4.69, 9.17) is 0 Å². The first-order valence-electron chi connectivity index (χ1n) is 14.0. The van der Waals surface area contributed by atoms with Gasteiger partial charge in [-0.1, -0.05) is 164 Å². The summed E-state index contributed by atoms with van der Waals surface area (Å²) in [7, 11) is -0.618. The zero-order valence-electron chi connectivity index (χ0n) is 22.8. The van der Waals surface area contributed by atoms with E-state index in [-0.39, 0.29) is 5.16 Å². The third kappa shape index (κ3) is 6.23. The van der Waals surface area contributed by atoms with E-state index < -0.39 is 9.52 Å². The molecule has 0 saturated heterocycles. The zero-order valence-corrected chi connectivity index (χ0v) is 24.2. The van der Waals surface area contributed by atoms with Crippen molar-refractivity contribution in [2.45, 2.75) is 36.3 Å². The predicted octanol–water partition coefficient (Wildman–Crippen LogP) is 6.26. The van der Waals surface area contributed by atoms with Gasteiger partial charge in [0.25, 0.3) is 0 Å². The molecular weight excluding hydrogens is 487 g/mol. The summed E-state index contributed by atoms with van der Waals surface area (Å²) in [6, 6.07) is 43.4. The number of nitrogens with zero attached hydrogens (tertiary/aromatic N) is 2. The Bertz CT molecular complexity index is 1320. The van der Waals surface area contributed by atoms with Crippen molar-refractivity contribution >= 4 is 27.2 Å². The smallest absolute Gasteiger partial charge is 0.212 e. The van der Waals surface area contributed by atoms with Crippen LogP contribution in [0.3, 0.4) is 0 Å². The van der Waals surface area contributed by atoms with Crippen LogP contribution in [0.2, 0.25) is 11.4 Å². The Kier molecular flexibility index (Phi) is 8.75. The first-order chi connectivity index (χ1) is 19.2. The number of rotatable bonds is 9. The van der Waals surface area contributed by atoms with E-state index in [9.17, 15) is 0 Å². The summed E-state index contributed by atoms with van der Waals surface area (Å²) in [5.74, 6) is 0.866. The summed E-state index contributed by atoms with van der Waals surface area (Å²) in [6.45, 7) is 6.91. The summed E-state index contributed by atoms with van der Waals surface area (Å²) in [4.78, 5) is 4.33. The van der Waals surface area contributed by atoms with Crippen molar-refractivity contribution in [3.05, 3.63) is 164 Å². The summed E-state index contributed by atoms with van der Waals surface area (Å²) >= 11 is 0. The van der Waals surface area contributed by atoms with Gasteiger partial charge in [-0.05, 0) is 16.7 Å². The van der Waals surface area contributed by atoms with Crippen LogP contribution >= 0.6 is 0 Å². The van der Waals surface area contributed by atoms with Crippen LogP contribution in [0.5, 0.6) is 0 Å². The van der Waals surface area contributed by atoms with Crippen molar-refractivity contribution in [2.24, 2.45) is 0 Å². The maximum Gasteiger partial charge on any atom is 0.212 e. The van der Waals surface area contributed by atoms with E-state index >= 15 is 0 Å². The van der Waals surface area contributed by atoms with Gasteiger partial charge in [0.15, 0.2) is 0 Å². The molecule has 1 aromatic heterocycles.